The highest BCUT2D eigenvalue weighted by Gasteiger charge is 2.17. The van der Waals surface area contributed by atoms with Crippen molar-refractivity contribution >= 4 is 35.1 Å². The van der Waals surface area contributed by atoms with E-state index >= 15 is 0 Å². The number of anilines is 2. The fourth-order valence-electron chi connectivity index (χ4n) is 5.55. The van der Waals surface area contributed by atoms with Crippen LogP contribution in [-0.2, 0) is 22.4 Å². The summed E-state index contributed by atoms with van der Waals surface area (Å²) in [5, 5.41) is 42.8. The maximum atomic E-state index is 12.4. The van der Waals surface area contributed by atoms with E-state index in [9.17, 15) is 29.4 Å². The topological polar surface area (TPSA) is 218 Å². The van der Waals surface area contributed by atoms with E-state index in [4.69, 9.17) is 28.5 Å². The lowest BCUT2D eigenvalue weighted by molar-refractivity contribution is -0.116. The SMILES string of the molecule is COc1cc(CC(=O)Nc2ccc(-c3cc(C(=O)O)c(C)o3)cc2)cc(OC)c1.Cc1oc(-c2ccc(NC(=O)Cc3ccc(O)cc3O)cc2)cc1C(=O)O. The first kappa shape index (κ1) is 39.7. The van der Waals surface area contributed by atoms with Gasteiger partial charge < -0.3 is 49.4 Å². The highest BCUT2D eigenvalue weighted by molar-refractivity contribution is 5.94. The number of rotatable bonds is 12. The van der Waals surface area contributed by atoms with Crippen molar-refractivity contribution in [2.75, 3.05) is 24.9 Å². The Morgan fingerprint density at radius 2 is 1.04 bits per heavy atom. The molecule has 6 N–H and O–H groups in total. The molecule has 0 unspecified atom stereocenters. The molecular formula is C42H38N2O12. The summed E-state index contributed by atoms with van der Waals surface area (Å²) in [5.41, 5.74) is 3.97. The molecule has 6 rings (SSSR count). The number of hydrogen-bond acceptors (Lipinski definition) is 10. The zero-order valence-electron chi connectivity index (χ0n) is 30.7. The van der Waals surface area contributed by atoms with Crippen molar-refractivity contribution in [1.82, 2.24) is 0 Å². The number of carbonyl (C=O) groups excluding carboxylic acids is 2. The molecule has 0 atom stereocenters. The number of benzene rings is 4. The van der Waals surface area contributed by atoms with Crippen molar-refractivity contribution in [3.05, 3.63) is 131 Å². The number of amides is 2. The third-order valence-electron chi connectivity index (χ3n) is 8.40. The number of carboxylic acids is 2. The molecule has 0 aliphatic rings. The fourth-order valence-corrected chi connectivity index (χ4v) is 5.55. The molecule has 288 valence electrons. The van der Waals surface area contributed by atoms with Gasteiger partial charge in [-0.15, -0.1) is 0 Å². The van der Waals surface area contributed by atoms with Crippen LogP contribution in [0, 0.1) is 13.8 Å². The predicted octanol–water partition coefficient (Wildman–Crippen LogP) is 7.70. The van der Waals surface area contributed by atoms with E-state index in [0.29, 0.717) is 57.0 Å². The smallest absolute Gasteiger partial charge is 0.339 e. The van der Waals surface area contributed by atoms with Crippen LogP contribution >= 0.6 is 0 Å². The molecule has 2 amide bonds. The Balaban J connectivity index is 0.000000215. The second kappa shape index (κ2) is 17.6. The number of nitrogens with one attached hydrogen (secondary N) is 2. The van der Waals surface area contributed by atoms with E-state index in [-0.39, 0.29) is 47.3 Å². The second-order valence-corrected chi connectivity index (χ2v) is 12.4. The number of furan rings is 2. The Bertz CT molecular complexity index is 2350. The number of hydrogen-bond donors (Lipinski definition) is 6. The normalized spacial score (nSPS) is 10.5. The van der Waals surface area contributed by atoms with Crippen molar-refractivity contribution < 1.29 is 57.9 Å². The first-order valence-electron chi connectivity index (χ1n) is 16.9. The van der Waals surface area contributed by atoms with Gasteiger partial charge >= 0.3 is 11.9 Å². The third-order valence-corrected chi connectivity index (χ3v) is 8.40. The average molecular weight is 763 g/mol. The minimum Gasteiger partial charge on any atom is -0.508 e. The number of methoxy groups -OCH3 is 2. The standard InChI is InChI=1S/C22H21NO6.C20H17NO6/c1-13-19(22(25)26)12-20(29-13)15-4-6-16(7-5-15)23-21(24)10-14-8-17(27-2)11-18(9-14)28-3;1-11-16(20(25)26)10-18(27-11)12-2-5-14(6-3-12)21-19(24)8-13-4-7-15(22)9-17(13)23/h4-9,11-12H,10H2,1-3H3,(H,23,24)(H,25,26);2-7,9-10,22-23H,8H2,1H3,(H,21,24)(H,25,26). The molecule has 0 bridgehead atoms. The number of phenols is 2. The van der Waals surface area contributed by atoms with Crippen LogP contribution in [0.4, 0.5) is 11.4 Å². The lowest BCUT2D eigenvalue weighted by Gasteiger charge is -2.09. The highest BCUT2D eigenvalue weighted by atomic mass is 16.5. The molecule has 0 saturated carbocycles. The Hall–Kier alpha value is -7.48. The van der Waals surface area contributed by atoms with Gasteiger partial charge in [-0.1, -0.05) is 6.07 Å². The molecule has 56 heavy (non-hydrogen) atoms. The maximum absolute atomic E-state index is 12.4. The van der Waals surface area contributed by atoms with E-state index in [1.54, 1.807) is 94.8 Å². The van der Waals surface area contributed by atoms with Gasteiger partial charge in [-0.3, -0.25) is 9.59 Å². The molecule has 0 fully saturated rings. The van der Waals surface area contributed by atoms with E-state index in [1.807, 2.05) is 0 Å². The lowest BCUT2D eigenvalue weighted by atomic mass is 10.1. The van der Waals surface area contributed by atoms with Crippen LogP contribution in [0.15, 0.2) is 106 Å². The van der Waals surface area contributed by atoms with E-state index in [0.717, 1.165) is 11.1 Å². The van der Waals surface area contributed by atoms with Crippen molar-refractivity contribution in [3.63, 3.8) is 0 Å². The first-order chi connectivity index (χ1) is 26.7. The van der Waals surface area contributed by atoms with Gasteiger partial charge in [0.2, 0.25) is 11.8 Å². The lowest BCUT2D eigenvalue weighted by Crippen LogP contribution is -2.14. The van der Waals surface area contributed by atoms with Gasteiger partial charge in [0.05, 0.1) is 27.1 Å². The van der Waals surface area contributed by atoms with Crippen molar-refractivity contribution in [2.24, 2.45) is 0 Å². The summed E-state index contributed by atoms with van der Waals surface area (Å²) < 4.78 is 21.4. The molecule has 0 aliphatic carbocycles. The zero-order valence-corrected chi connectivity index (χ0v) is 30.7. The summed E-state index contributed by atoms with van der Waals surface area (Å²) in [6.45, 7) is 3.19. The molecule has 6 aromatic rings. The van der Waals surface area contributed by atoms with Crippen LogP contribution in [0.25, 0.3) is 22.6 Å². The number of carboxylic acid groups (broad SMARTS) is 2. The minimum atomic E-state index is -1.05. The van der Waals surface area contributed by atoms with Crippen LogP contribution in [0.2, 0.25) is 0 Å². The minimum absolute atomic E-state index is 0.0484. The molecular weight excluding hydrogens is 724 g/mol. The summed E-state index contributed by atoms with van der Waals surface area (Å²) in [7, 11) is 3.11. The van der Waals surface area contributed by atoms with Crippen LogP contribution in [-0.4, -0.2) is 58.4 Å². The average Bonchev–Trinajstić information content (AvgIpc) is 3.76. The molecule has 0 radical (unpaired) electrons. The fraction of sp³-hybridized carbons (Fsp3) is 0.143. The zero-order chi connectivity index (χ0) is 40.5. The van der Waals surface area contributed by atoms with Crippen molar-refractivity contribution in [3.8, 4) is 45.6 Å². The Morgan fingerprint density at radius 1 is 0.589 bits per heavy atom. The summed E-state index contributed by atoms with van der Waals surface area (Å²) >= 11 is 0. The van der Waals surface area contributed by atoms with Gasteiger partial charge in [0.1, 0.15) is 57.2 Å². The number of aryl methyl sites for hydroxylation is 2. The van der Waals surface area contributed by atoms with Crippen LogP contribution in [0.5, 0.6) is 23.0 Å². The molecule has 14 heteroatoms. The van der Waals surface area contributed by atoms with E-state index < -0.39 is 11.9 Å². The number of carbonyl (C=O) groups is 4. The number of aromatic hydroxyl groups is 2. The molecule has 0 spiro atoms. The highest BCUT2D eigenvalue weighted by Crippen LogP contribution is 2.29. The molecule has 2 heterocycles. The second-order valence-electron chi connectivity index (χ2n) is 12.4. The quantitative estimate of drug-likeness (QED) is 0.0707. The molecule has 0 saturated heterocycles. The molecule has 4 aromatic carbocycles. The summed E-state index contributed by atoms with van der Waals surface area (Å²) in [6.07, 6.45) is 0.113. The molecule has 2 aromatic heterocycles. The van der Waals surface area contributed by atoms with Crippen molar-refractivity contribution in [2.45, 2.75) is 26.7 Å². The maximum Gasteiger partial charge on any atom is 0.339 e. The summed E-state index contributed by atoms with van der Waals surface area (Å²) in [5.74, 6) is -0.0354. The van der Waals surface area contributed by atoms with Gasteiger partial charge in [0.15, 0.2) is 0 Å². The predicted molar refractivity (Wildman–Crippen MR) is 206 cm³/mol. The van der Waals surface area contributed by atoms with Gasteiger partial charge in [0.25, 0.3) is 0 Å². The van der Waals surface area contributed by atoms with Crippen molar-refractivity contribution in [1.29, 1.82) is 0 Å². The number of ether oxygens (including phenoxy) is 2. The molecule has 0 aliphatic heterocycles. The number of aromatic carboxylic acids is 2. The van der Waals surface area contributed by atoms with Crippen LogP contribution in [0.3, 0.4) is 0 Å². The summed E-state index contributed by atoms with van der Waals surface area (Å²) in [4.78, 5) is 46.8. The molecule has 14 nitrogen and oxygen atoms in total. The largest absolute Gasteiger partial charge is 0.508 e. The Labute approximate surface area is 320 Å². The van der Waals surface area contributed by atoms with Crippen LogP contribution < -0.4 is 20.1 Å². The Morgan fingerprint density at radius 3 is 1.43 bits per heavy atom. The van der Waals surface area contributed by atoms with E-state index in [2.05, 4.69) is 10.6 Å². The third kappa shape index (κ3) is 10.1. The first-order valence-corrected chi connectivity index (χ1v) is 16.9. The van der Waals surface area contributed by atoms with Crippen LogP contribution in [0.1, 0.15) is 43.4 Å². The van der Waals surface area contributed by atoms with Gasteiger partial charge in [-0.05, 0) is 98.3 Å². The van der Waals surface area contributed by atoms with Gasteiger partial charge in [-0.2, -0.15) is 0 Å². The monoisotopic (exact) mass is 762 g/mol. The number of phenolic OH excluding ortho intramolecular Hbond substituents is 2. The summed E-state index contributed by atoms with van der Waals surface area (Å²) in [6, 6.07) is 26.0. The van der Waals surface area contributed by atoms with Gasteiger partial charge in [-0.25, -0.2) is 9.59 Å². The Kier molecular flexibility index (Phi) is 12.5. The van der Waals surface area contributed by atoms with Gasteiger partial charge in [0, 0.05) is 40.2 Å². The van der Waals surface area contributed by atoms with E-state index in [1.165, 1.54) is 30.3 Å².